The predicted molar refractivity (Wildman–Crippen MR) is 239 cm³/mol. The van der Waals surface area contributed by atoms with Gasteiger partial charge in [-0.1, -0.05) is 47.6 Å². The van der Waals surface area contributed by atoms with Gasteiger partial charge in [0.2, 0.25) is 5.91 Å². The topological polar surface area (TPSA) is 222 Å². The number of carbonyl (C=O) groups is 5. The second-order valence-corrected chi connectivity index (χ2v) is 18.6. The Hall–Kier alpha value is -5.61. The van der Waals surface area contributed by atoms with E-state index in [1.54, 1.807) is 51.0 Å². The largest absolute Gasteiger partial charge is 0.477 e. The zero-order valence-corrected chi connectivity index (χ0v) is 37.1. The predicted octanol–water partition coefficient (Wildman–Crippen LogP) is 4.67. The highest BCUT2D eigenvalue weighted by Gasteiger charge is 2.54. The SMILES string of the molecule is CC1=C(/C=C\c2scnc2C)CSC2C(NC(=O)Cc3ccccc3)C(=O)N12.CO/N=C(\C(=O)NC1C(=O)N2C(C(=O)O)=C(/C=C\c3scnc3C)CSC12)c1csc(N)n1. The van der Waals surface area contributed by atoms with Crippen LogP contribution in [-0.4, -0.2) is 107 Å². The van der Waals surface area contributed by atoms with Crippen molar-refractivity contribution in [2.45, 2.75) is 50.0 Å². The van der Waals surface area contributed by atoms with Gasteiger partial charge in [0.1, 0.15) is 41.3 Å². The van der Waals surface area contributed by atoms with Gasteiger partial charge in [0.15, 0.2) is 10.8 Å². The van der Waals surface area contributed by atoms with Gasteiger partial charge in [-0.15, -0.1) is 57.5 Å². The number of carbonyl (C=O) groups excluding carboxylic acids is 4. The summed E-state index contributed by atoms with van der Waals surface area (Å²) >= 11 is 7.24. The van der Waals surface area contributed by atoms with E-state index in [0.29, 0.717) is 17.7 Å². The Morgan fingerprint density at radius 2 is 1.46 bits per heavy atom. The minimum Gasteiger partial charge on any atom is -0.477 e. The summed E-state index contributed by atoms with van der Waals surface area (Å²) in [6, 6.07) is 8.22. The number of nitrogen functional groups attached to an aromatic ring is 1. The highest BCUT2D eigenvalue weighted by Crippen LogP contribution is 2.42. The lowest BCUT2D eigenvalue weighted by Crippen LogP contribution is -2.71. The van der Waals surface area contributed by atoms with Gasteiger partial charge in [0.25, 0.3) is 17.7 Å². The van der Waals surface area contributed by atoms with Crippen LogP contribution in [0.3, 0.4) is 0 Å². The number of benzene rings is 1. The average molecular weight is 918 g/mol. The van der Waals surface area contributed by atoms with Gasteiger partial charge in [-0.25, -0.2) is 19.7 Å². The number of nitrogens with two attached hydrogens (primary N) is 1. The van der Waals surface area contributed by atoms with Gasteiger partial charge < -0.3 is 26.3 Å². The molecule has 8 rings (SSSR count). The van der Waals surface area contributed by atoms with Gasteiger partial charge in [-0.3, -0.25) is 29.0 Å². The lowest BCUT2D eigenvalue weighted by atomic mass is 10.0. The van der Waals surface area contributed by atoms with E-state index < -0.39 is 35.2 Å². The van der Waals surface area contributed by atoms with Crippen LogP contribution in [0.4, 0.5) is 5.13 Å². The quantitative estimate of drug-likeness (QED) is 0.0863. The molecule has 16 nitrogen and oxygen atoms in total. The number of thiazole rings is 3. The van der Waals surface area contributed by atoms with Crippen molar-refractivity contribution in [1.29, 1.82) is 0 Å². The average Bonchev–Trinajstić information content (AvgIpc) is 3.99. The molecule has 5 N–H and O–H groups in total. The lowest BCUT2D eigenvalue weighted by Gasteiger charge is -2.50. The third-order valence-electron chi connectivity index (χ3n) is 9.89. The van der Waals surface area contributed by atoms with Crippen LogP contribution in [0.2, 0.25) is 0 Å². The molecule has 4 aliphatic heterocycles. The molecule has 61 heavy (non-hydrogen) atoms. The molecule has 0 aliphatic carbocycles. The number of nitrogens with one attached hydrogen (secondary N) is 2. The van der Waals surface area contributed by atoms with Crippen molar-refractivity contribution in [3.63, 3.8) is 0 Å². The third kappa shape index (κ3) is 9.35. The summed E-state index contributed by atoms with van der Waals surface area (Å²) < 4.78 is 0. The van der Waals surface area contributed by atoms with Gasteiger partial charge in [0, 0.05) is 32.3 Å². The normalized spacial score (nSPS) is 21.1. The van der Waals surface area contributed by atoms with Gasteiger partial charge in [0.05, 0.1) is 28.8 Å². The van der Waals surface area contributed by atoms with Gasteiger partial charge in [-0.2, -0.15) is 0 Å². The molecule has 0 radical (unpaired) electrons. The number of allylic oxidation sites excluding steroid dienone is 3. The number of fused-ring (bicyclic) bond motifs is 2. The van der Waals surface area contributed by atoms with Crippen molar-refractivity contribution in [3.05, 3.63) is 114 Å². The third-order valence-corrected chi connectivity index (χ3v) is 15.0. The van der Waals surface area contributed by atoms with E-state index in [0.717, 1.165) is 55.1 Å². The summed E-state index contributed by atoms with van der Waals surface area (Å²) in [5, 5.41) is 20.2. The highest BCUT2D eigenvalue weighted by molar-refractivity contribution is 8.00. The van der Waals surface area contributed by atoms with E-state index in [9.17, 15) is 29.1 Å². The molecule has 0 saturated carbocycles. The van der Waals surface area contributed by atoms with Crippen molar-refractivity contribution in [3.8, 4) is 0 Å². The first-order chi connectivity index (χ1) is 29.4. The van der Waals surface area contributed by atoms with Crippen LogP contribution >= 0.6 is 57.5 Å². The number of aliphatic carboxylic acids is 1. The summed E-state index contributed by atoms with van der Waals surface area (Å²) in [5.41, 5.74) is 14.6. The molecule has 7 heterocycles. The number of nitrogens with zero attached hydrogens (tertiary/aromatic N) is 6. The fourth-order valence-electron chi connectivity index (χ4n) is 6.70. The van der Waals surface area contributed by atoms with Crippen LogP contribution in [-0.2, 0) is 35.2 Å². The summed E-state index contributed by atoms with van der Waals surface area (Å²) in [6.07, 6.45) is 7.92. The Labute approximate surface area is 370 Å². The molecule has 4 atom stereocenters. The zero-order valence-electron chi connectivity index (χ0n) is 33.1. The second-order valence-electron chi connectivity index (χ2n) is 13.7. The first kappa shape index (κ1) is 43.5. The number of anilines is 1. The first-order valence-electron chi connectivity index (χ1n) is 18.5. The molecule has 4 amide bonds. The number of hydrogen-bond donors (Lipinski definition) is 4. The molecule has 21 heteroatoms. The van der Waals surface area contributed by atoms with E-state index in [2.05, 4.69) is 42.9 Å². The minimum atomic E-state index is -1.21. The van der Waals surface area contributed by atoms with Gasteiger partial charge in [-0.05, 0) is 49.6 Å². The number of β-lactam (4-membered cyclic amide) rings is 2. The number of thioether (sulfide) groups is 2. The van der Waals surface area contributed by atoms with E-state index >= 15 is 0 Å². The Morgan fingerprint density at radius 3 is 2.03 bits per heavy atom. The van der Waals surface area contributed by atoms with E-state index in [4.69, 9.17) is 10.6 Å². The second kappa shape index (κ2) is 19.0. The molecule has 0 spiro atoms. The van der Waals surface area contributed by atoms with Crippen LogP contribution in [0, 0.1) is 13.8 Å². The molecule has 0 bridgehead atoms. The lowest BCUT2D eigenvalue weighted by molar-refractivity contribution is -0.150. The van der Waals surface area contributed by atoms with Crippen LogP contribution in [0.25, 0.3) is 12.2 Å². The fourth-order valence-corrected chi connectivity index (χ4v) is 11.4. The fraction of sp³-hybridized carbons (Fsp3) is 0.275. The molecule has 2 saturated heterocycles. The number of carboxylic acids is 1. The van der Waals surface area contributed by atoms with E-state index in [1.165, 1.54) is 35.1 Å². The van der Waals surface area contributed by atoms with Crippen molar-refractivity contribution in [2.75, 3.05) is 24.3 Å². The molecule has 1 aromatic carbocycles. The Kier molecular flexibility index (Phi) is 13.5. The molecule has 3 aromatic heterocycles. The van der Waals surface area contributed by atoms with Crippen LogP contribution in [0.15, 0.2) is 86.6 Å². The first-order valence-corrected chi connectivity index (χ1v) is 23.3. The number of rotatable bonds is 12. The van der Waals surface area contributed by atoms with Crippen LogP contribution in [0.5, 0.6) is 0 Å². The van der Waals surface area contributed by atoms with Crippen LogP contribution < -0.4 is 16.4 Å². The monoisotopic (exact) mass is 917 g/mol. The molecule has 4 aliphatic rings. The van der Waals surface area contributed by atoms with Crippen molar-refractivity contribution in [1.82, 2.24) is 35.4 Å². The number of amides is 4. The Morgan fingerprint density at radius 1 is 0.869 bits per heavy atom. The summed E-state index contributed by atoms with van der Waals surface area (Å²) in [6.45, 7) is 5.83. The summed E-state index contributed by atoms with van der Waals surface area (Å²) in [7, 11) is 1.28. The molecular weight excluding hydrogens is 879 g/mol. The number of hydrogen-bond acceptors (Lipinski definition) is 16. The maximum Gasteiger partial charge on any atom is 0.352 e. The zero-order chi connectivity index (χ0) is 43.4. The maximum absolute atomic E-state index is 12.9. The van der Waals surface area contributed by atoms with Crippen molar-refractivity contribution < 1.29 is 33.9 Å². The molecule has 4 aromatic rings. The van der Waals surface area contributed by atoms with E-state index in [-0.39, 0.29) is 39.4 Å². The highest BCUT2D eigenvalue weighted by atomic mass is 32.2. The molecule has 4 unspecified atom stereocenters. The van der Waals surface area contributed by atoms with Crippen LogP contribution in [0.1, 0.15) is 39.3 Å². The number of aromatic nitrogens is 3. The maximum atomic E-state index is 12.9. The molecular formula is C40H39N9O7S5. The Balaban J connectivity index is 0.000000186. The van der Waals surface area contributed by atoms with Crippen molar-refractivity contribution in [2.24, 2.45) is 5.16 Å². The number of oxime groups is 1. The Bertz CT molecular complexity index is 2530. The summed E-state index contributed by atoms with van der Waals surface area (Å²) in [4.78, 5) is 84.9. The standard InChI is InChI=1S/C21H21N3O2S2.C19H18N6O5S3/c1-13-17(28-12-22-13)9-8-16-11-27-21-19(20(26)24(21)14(16)2)23-18(25)10-15-6-4-3-5-7-15;1-8-11(33-7-21-8)4-3-9-5-31-17-13(16(27)25(17)14(9)18(28)29)23-15(26)12(24-30-2)10-6-32-19(20)22-10/h3-9,12,19,21H,10-11H2,1-2H3,(H,23,25);3-4,6-7,13,17H,5H2,1-2H3,(H2,20,22)(H,23,26)(H,28,29)/b9-8-;4-3-,24-12-. The molecule has 316 valence electrons. The number of aryl methyl sites for hydroxylation is 2. The smallest absolute Gasteiger partial charge is 0.352 e. The van der Waals surface area contributed by atoms with Crippen molar-refractivity contribution >= 4 is 110 Å². The molecule has 2 fully saturated rings. The van der Waals surface area contributed by atoms with Gasteiger partial charge >= 0.3 is 5.97 Å². The summed E-state index contributed by atoms with van der Waals surface area (Å²) in [5.74, 6) is -1.37. The number of carboxylic acid groups (broad SMARTS) is 1. The van der Waals surface area contributed by atoms with E-state index in [1.807, 2.05) is 56.6 Å². The minimum absolute atomic E-state index is 0.0190.